The van der Waals surface area contributed by atoms with Crippen LogP contribution < -0.4 is 5.43 Å². The molecule has 1 heterocycles. The second kappa shape index (κ2) is 10.5. The minimum absolute atomic E-state index is 0.00968. The van der Waals surface area contributed by atoms with E-state index in [9.17, 15) is 14.7 Å². The third-order valence-electron chi connectivity index (χ3n) is 5.81. The van der Waals surface area contributed by atoms with E-state index in [0.29, 0.717) is 18.7 Å². The second-order valence-corrected chi connectivity index (χ2v) is 8.40. The number of benzene rings is 3. The van der Waals surface area contributed by atoms with Gasteiger partial charge in [0.15, 0.2) is 0 Å². The Kier molecular flexibility index (Phi) is 7.25. The van der Waals surface area contributed by atoms with Gasteiger partial charge < -0.3 is 10.0 Å². The Morgan fingerprint density at radius 3 is 2.50 bits per heavy atom. The predicted molar refractivity (Wildman–Crippen MR) is 135 cm³/mol. The topological polar surface area (TPSA) is 85.2 Å². The Labute approximate surface area is 202 Å². The number of fused-ring (bicyclic) bond motifs is 1. The molecule has 1 fully saturated rings. The molecule has 1 saturated heterocycles. The monoisotopic (exact) mass is 476 g/mol. The summed E-state index contributed by atoms with van der Waals surface area (Å²) in [5.41, 5.74) is 4.16. The summed E-state index contributed by atoms with van der Waals surface area (Å²) in [4.78, 5) is 29.7. The molecule has 0 atom stereocenters. The molecule has 174 valence electrons. The van der Waals surface area contributed by atoms with Gasteiger partial charge in [-0.05, 0) is 35.0 Å². The summed E-state index contributed by atoms with van der Waals surface area (Å²) in [6.45, 7) is 7.62. The molecule has 0 saturated carbocycles. The first-order chi connectivity index (χ1) is 16.5. The van der Waals surface area contributed by atoms with Crippen LogP contribution in [0, 0.1) is 0 Å². The van der Waals surface area contributed by atoms with Crippen molar-refractivity contribution in [1.29, 1.82) is 0 Å². The average Bonchev–Trinajstić information content (AvgIpc) is 2.86. The van der Waals surface area contributed by atoms with Crippen molar-refractivity contribution in [3.05, 3.63) is 89.0 Å². The fraction of sp³-hybridized carbons (Fsp3) is 0.192. The van der Waals surface area contributed by atoms with Crippen LogP contribution in [0.1, 0.15) is 26.3 Å². The van der Waals surface area contributed by atoms with Gasteiger partial charge in [-0.3, -0.25) is 14.5 Å². The van der Waals surface area contributed by atoms with E-state index in [1.165, 1.54) is 18.2 Å². The maximum absolute atomic E-state index is 13.3. The van der Waals surface area contributed by atoms with E-state index in [0.717, 1.165) is 36.0 Å². The molecule has 0 radical (unpaired) electrons. The standard InChI is InChI=1S/C26H25ClN4O3/c1-2-11-30-12-14-31(15-13-30)26(34)22-9-7-19(20-5-3-4-6-21(20)22)17-28-29-25(33)18-8-10-24(32)23(27)16-18/h2-10,16-17,32H,1,11-15H2,(H,29,33). The van der Waals surface area contributed by atoms with Gasteiger partial charge in [0.25, 0.3) is 11.8 Å². The summed E-state index contributed by atoms with van der Waals surface area (Å²) in [5, 5.41) is 15.4. The minimum Gasteiger partial charge on any atom is -0.506 e. The van der Waals surface area contributed by atoms with Crippen LogP contribution in [0.3, 0.4) is 0 Å². The van der Waals surface area contributed by atoms with Gasteiger partial charge >= 0.3 is 0 Å². The van der Waals surface area contributed by atoms with Crippen LogP contribution in [0.25, 0.3) is 10.8 Å². The van der Waals surface area contributed by atoms with Crippen molar-refractivity contribution < 1.29 is 14.7 Å². The van der Waals surface area contributed by atoms with Crippen LogP contribution in [0.4, 0.5) is 0 Å². The largest absolute Gasteiger partial charge is 0.506 e. The number of nitrogens with one attached hydrogen (secondary N) is 1. The molecule has 1 aliphatic rings. The van der Waals surface area contributed by atoms with Gasteiger partial charge in [0.05, 0.1) is 11.2 Å². The van der Waals surface area contributed by atoms with E-state index >= 15 is 0 Å². The van der Waals surface area contributed by atoms with Crippen LogP contribution in [-0.4, -0.2) is 65.7 Å². The van der Waals surface area contributed by atoms with Crippen LogP contribution in [0.2, 0.25) is 5.02 Å². The molecule has 2 amide bonds. The van der Waals surface area contributed by atoms with E-state index < -0.39 is 5.91 Å². The molecule has 2 N–H and O–H groups in total. The minimum atomic E-state index is -0.454. The molecule has 0 spiro atoms. The lowest BCUT2D eigenvalue weighted by Gasteiger charge is -2.34. The first-order valence-electron chi connectivity index (χ1n) is 10.9. The summed E-state index contributed by atoms with van der Waals surface area (Å²) in [5.74, 6) is -0.540. The molecule has 34 heavy (non-hydrogen) atoms. The van der Waals surface area contributed by atoms with Crippen molar-refractivity contribution in [2.24, 2.45) is 5.10 Å². The summed E-state index contributed by atoms with van der Waals surface area (Å²) in [6.07, 6.45) is 3.43. The Morgan fingerprint density at radius 1 is 1.06 bits per heavy atom. The molecular weight excluding hydrogens is 452 g/mol. The lowest BCUT2D eigenvalue weighted by atomic mass is 9.99. The van der Waals surface area contributed by atoms with Crippen LogP contribution in [-0.2, 0) is 0 Å². The number of amides is 2. The summed E-state index contributed by atoms with van der Waals surface area (Å²) >= 11 is 5.87. The number of halogens is 1. The highest BCUT2D eigenvalue weighted by Gasteiger charge is 2.23. The lowest BCUT2D eigenvalue weighted by Crippen LogP contribution is -2.48. The van der Waals surface area contributed by atoms with Crippen molar-refractivity contribution >= 4 is 40.4 Å². The van der Waals surface area contributed by atoms with Crippen molar-refractivity contribution in [2.75, 3.05) is 32.7 Å². The molecule has 3 aromatic carbocycles. The number of carbonyl (C=O) groups is 2. The molecule has 8 heteroatoms. The first kappa shape index (κ1) is 23.5. The summed E-state index contributed by atoms with van der Waals surface area (Å²) in [7, 11) is 0. The zero-order valence-electron chi connectivity index (χ0n) is 18.6. The molecule has 1 aliphatic heterocycles. The lowest BCUT2D eigenvalue weighted by molar-refractivity contribution is 0.0652. The maximum Gasteiger partial charge on any atom is 0.271 e. The molecule has 0 aliphatic carbocycles. The number of phenolic OH excluding ortho intramolecular Hbond substituents is 1. The normalized spacial score (nSPS) is 14.4. The second-order valence-electron chi connectivity index (χ2n) is 7.99. The van der Waals surface area contributed by atoms with Crippen molar-refractivity contribution in [3.8, 4) is 5.75 Å². The number of hydrogen-bond acceptors (Lipinski definition) is 5. The number of piperazine rings is 1. The average molecular weight is 477 g/mol. The quantitative estimate of drug-likeness (QED) is 0.321. The molecular formula is C26H25ClN4O3. The Balaban J connectivity index is 1.51. The fourth-order valence-corrected chi connectivity index (χ4v) is 4.16. The number of aromatic hydroxyl groups is 1. The Hall–Kier alpha value is -3.68. The Morgan fingerprint density at radius 2 is 1.79 bits per heavy atom. The number of hydrogen-bond donors (Lipinski definition) is 2. The predicted octanol–water partition coefficient (Wildman–Crippen LogP) is 3.91. The molecule has 0 bridgehead atoms. The van der Waals surface area contributed by atoms with Gasteiger partial charge in [0.2, 0.25) is 0 Å². The van der Waals surface area contributed by atoms with Gasteiger partial charge in [0, 0.05) is 49.4 Å². The van der Waals surface area contributed by atoms with E-state index in [1.807, 2.05) is 47.4 Å². The summed E-state index contributed by atoms with van der Waals surface area (Å²) in [6, 6.07) is 15.5. The van der Waals surface area contributed by atoms with Gasteiger partial charge in [-0.1, -0.05) is 48.0 Å². The van der Waals surface area contributed by atoms with Crippen LogP contribution in [0.15, 0.2) is 72.4 Å². The first-order valence-corrected chi connectivity index (χ1v) is 11.3. The molecule has 4 rings (SSSR count). The maximum atomic E-state index is 13.3. The zero-order chi connectivity index (χ0) is 24.1. The third kappa shape index (κ3) is 5.11. The third-order valence-corrected chi connectivity index (χ3v) is 6.12. The Bertz CT molecular complexity index is 1270. The number of carbonyl (C=O) groups excluding carboxylic acids is 2. The fourth-order valence-electron chi connectivity index (χ4n) is 3.98. The molecule has 0 unspecified atom stereocenters. The van der Waals surface area contributed by atoms with Gasteiger partial charge in [-0.2, -0.15) is 5.10 Å². The van der Waals surface area contributed by atoms with Crippen molar-refractivity contribution in [1.82, 2.24) is 15.2 Å². The highest BCUT2D eigenvalue weighted by molar-refractivity contribution is 6.32. The number of nitrogens with zero attached hydrogens (tertiary/aromatic N) is 3. The van der Waals surface area contributed by atoms with E-state index in [-0.39, 0.29) is 22.2 Å². The van der Waals surface area contributed by atoms with Crippen LogP contribution in [0.5, 0.6) is 5.75 Å². The van der Waals surface area contributed by atoms with Gasteiger partial charge in [0.1, 0.15) is 5.75 Å². The highest BCUT2D eigenvalue weighted by Crippen LogP contribution is 2.25. The number of hydrazone groups is 1. The molecule has 3 aromatic rings. The van der Waals surface area contributed by atoms with E-state index in [2.05, 4.69) is 22.0 Å². The molecule has 0 aromatic heterocycles. The smallest absolute Gasteiger partial charge is 0.271 e. The summed E-state index contributed by atoms with van der Waals surface area (Å²) < 4.78 is 0. The number of phenols is 1. The van der Waals surface area contributed by atoms with Crippen molar-refractivity contribution in [3.63, 3.8) is 0 Å². The van der Waals surface area contributed by atoms with Gasteiger partial charge in [-0.15, -0.1) is 6.58 Å². The van der Waals surface area contributed by atoms with Gasteiger partial charge in [-0.25, -0.2) is 5.43 Å². The van der Waals surface area contributed by atoms with E-state index in [4.69, 9.17) is 11.6 Å². The van der Waals surface area contributed by atoms with Crippen LogP contribution >= 0.6 is 11.6 Å². The molecule has 7 nitrogen and oxygen atoms in total. The zero-order valence-corrected chi connectivity index (χ0v) is 19.3. The number of rotatable bonds is 6. The SMILES string of the molecule is C=CCN1CCN(C(=O)c2ccc(C=NNC(=O)c3ccc(O)c(Cl)c3)c3ccccc23)CC1. The van der Waals surface area contributed by atoms with Crippen molar-refractivity contribution in [2.45, 2.75) is 0 Å². The highest BCUT2D eigenvalue weighted by atomic mass is 35.5. The van der Waals surface area contributed by atoms with E-state index in [1.54, 1.807) is 6.21 Å².